The Bertz CT molecular complexity index is 276. The van der Waals surface area contributed by atoms with Crippen molar-refractivity contribution in [3.8, 4) is 0 Å². The Labute approximate surface area is 77.1 Å². The monoisotopic (exact) mass is 179 g/mol. The van der Waals surface area contributed by atoms with E-state index in [0.29, 0.717) is 6.61 Å². The number of rotatable bonds is 1. The average Bonchev–Trinajstić information content (AvgIpc) is 2.49. The number of benzene rings is 1. The largest absolute Gasteiger partial charge is 0.388 e. The van der Waals surface area contributed by atoms with Gasteiger partial charge in [0.05, 0.1) is 12.6 Å². The number of nitrogens with two attached hydrogens (primary N) is 1. The minimum atomic E-state index is -0.581. The molecule has 0 amide bonds. The lowest BCUT2D eigenvalue weighted by Crippen LogP contribution is -2.33. The maximum atomic E-state index is 9.66. The molecule has 3 heteroatoms. The molecule has 1 aliphatic heterocycles. The SMILES string of the molecule is N[C@H]1CO[C@@H](c2ccccc2)[C@H]1O. The zero-order chi connectivity index (χ0) is 9.26. The van der Waals surface area contributed by atoms with Crippen molar-refractivity contribution < 1.29 is 9.84 Å². The lowest BCUT2D eigenvalue weighted by atomic mass is 10.0. The van der Waals surface area contributed by atoms with E-state index in [1.54, 1.807) is 0 Å². The molecule has 2 rings (SSSR count). The van der Waals surface area contributed by atoms with Crippen LogP contribution in [0.4, 0.5) is 0 Å². The van der Waals surface area contributed by atoms with E-state index in [9.17, 15) is 5.11 Å². The maximum Gasteiger partial charge on any atom is 0.110 e. The molecule has 3 nitrogen and oxygen atoms in total. The van der Waals surface area contributed by atoms with Gasteiger partial charge in [-0.25, -0.2) is 0 Å². The van der Waals surface area contributed by atoms with E-state index in [1.165, 1.54) is 0 Å². The molecule has 0 bridgehead atoms. The predicted octanol–water partition coefficient (Wildman–Crippen LogP) is 0.446. The molecule has 70 valence electrons. The Hall–Kier alpha value is -0.900. The summed E-state index contributed by atoms with van der Waals surface area (Å²) in [7, 11) is 0. The third-order valence-corrected chi connectivity index (χ3v) is 2.35. The van der Waals surface area contributed by atoms with E-state index >= 15 is 0 Å². The van der Waals surface area contributed by atoms with Crippen LogP contribution in [0.1, 0.15) is 11.7 Å². The average molecular weight is 179 g/mol. The third kappa shape index (κ3) is 1.58. The normalized spacial score (nSPS) is 33.5. The van der Waals surface area contributed by atoms with Crippen LogP contribution in [0.5, 0.6) is 0 Å². The van der Waals surface area contributed by atoms with E-state index in [1.807, 2.05) is 30.3 Å². The number of hydrogen-bond donors (Lipinski definition) is 2. The minimum absolute atomic E-state index is 0.254. The summed E-state index contributed by atoms with van der Waals surface area (Å²) in [6.07, 6.45) is -0.835. The fourth-order valence-electron chi connectivity index (χ4n) is 1.57. The van der Waals surface area contributed by atoms with Crippen molar-refractivity contribution in [2.45, 2.75) is 18.2 Å². The number of hydrogen-bond acceptors (Lipinski definition) is 3. The van der Waals surface area contributed by atoms with Gasteiger partial charge in [0.2, 0.25) is 0 Å². The van der Waals surface area contributed by atoms with Gasteiger partial charge in [0.25, 0.3) is 0 Å². The lowest BCUT2D eigenvalue weighted by molar-refractivity contribution is 0.0408. The van der Waals surface area contributed by atoms with Crippen molar-refractivity contribution >= 4 is 0 Å². The molecule has 0 aromatic heterocycles. The van der Waals surface area contributed by atoms with Crippen molar-refractivity contribution in [1.82, 2.24) is 0 Å². The molecule has 1 fully saturated rings. The zero-order valence-electron chi connectivity index (χ0n) is 7.26. The molecule has 3 N–H and O–H groups in total. The van der Waals surface area contributed by atoms with E-state index in [4.69, 9.17) is 10.5 Å². The van der Waals surface area contributed by atoms with Crippen LogP contribution >= 0.6 is 0 Å². The van der Waals surface area contributed by atoms with Crippen LogP contribution in [-0.2, 0) is 4.74 Å². The Balaban J connectivity index is 2.19. The van der Waals surface area contributed by atoms with Crippen molar-refractivity contribution in [3.63, 3.8) is 0 Å². The van der Waals surface area contributed by atoms with Gasteiger partial charge in [0.1, 0.15) is 12.2 Å². The molecule has 0 saturated carbocycles. The first-order valence-electron chi connectivity index (χ1n) is 4.39. The van der Waals surface area contributed by atoms with Crippen LogP contribution in [0.15, 0.2) is 30.3 Å². The summed E-state index contributed by atoms with van der Waals surface area (Å²) < 4.78 is 5.39. The van der Waals surface area contributed by atoms with Crippen LogP contribution in [-0.4, -0.2) is 23.9 Å². The van der Waals surface area contributed by atoms with Gasteiger partial charge in [0.15, 0.2) is 0 Å². The number of ether oxygens (including phenoxy) is 1. The van der Waals surface area contributed by atoms with Gasteiger partial charge in [-0.2, -0.15) is 0 Å². The molecule has 13 heavy (non-hydrogen) atoms. The van der Waals surface area contributed by atoms with Gasteiger partial charge in [-0.15, -0.1) is 0 Å². The summed E-state index contributed by atoms with van der Waals surface area (Å²) in [5.74, 6) is 0. The molecule has 0 spiro atoms. The van der Waals surface area contributed by atoms with Gasteiger partial charge in [0, 0.05) is 0 Å². The van der Waals surface area contributed by atoms with Gasteiger partial charge in [-0.05, 0) is 5.56 Å². The quantitative estimate of drug-likeness (QED) is 0.658. The maximum absolute atomic E-state index is 9.66. The van der Waals surface area contributed by atoms with Crippen molar-refractivity contribution in [1.29, 1.82) is 0 Å². The second kappa shape index (κ2) is 3.46. The first-order valence-corrected chi connectivity index (χ1v) is 4.39. The smallest absolute Gasteiger partial charge is 0.110 e. The molecule has 1 aromatic rings. The van der Waals surface area contributed by atoms with Gasteiger partial charge in [-0.3, -0.25) is 0 Å². The predicted molar refractivity (Wildman–Crippen MR) is 49.1 cm³/mol. The fourth-order valence-corrected chi connectivity index (χ4v) is 1.57. The lowest BCUT2D eigenvalue weighted by Gasteiger charge is -2.15. The van der Waals surface area contributed by atoms with E-state index < -0.39 is 6.10 Å². The summed E-state index contributed by atoms with van der Waals surface area (Å²) in [5, 5.41) is 9.66. The molecular weight excluding hydrogens is 166 g/mol. The van der Waals surface area contributed by atoms with Crippen molar-refractivity contribution in [2.75, 3.05) is 6.61 Å². The summed E-state index contributed by atoms with van der Waals surface area (Å²) in [5.41, 5.74) is 6.62. The van der Waals surface area contributed by atoms with Crippen molar-refractivity contribution in [3.05, 3.63) is 35.9 Å². The van der Waals surface area contributed by atoms with Crippen LogP contribution in [0.3, 0.4) is 0 Å². The highest BCUT2D eigenvalue weighted by Crippen LogP contribution is 2.27. The van der Waals surface area contributed by atoms with Gasteiger partial charge in [-0.1, -0.05) is 30.3 Å². The molecule has 1 saturated heterocycles. The molecule has 1 aromatic carbocycles. The zero-order valence-corrected chi connectivity index (χ0v) is 7.26. The Kier molecular flexibility index (Phi) is 2.31. The highest BCUT2D eigenvalue weighted by molar-refractivity contribution is 5.20. The molecule has 0 radical (unpaired) electrons. The van der Waals surface area contributed by atoms with E-state index in [0.717, 1.165) is 5.56 Å². The van der Waals surface area contributed by atoms with Crippen LogP contribution in [0.2, 0.25) is 0 Å². The molecule has 0 unspecified atom stereocenters. The minimum Gasteiger partial charge on any atom is -0.388 e. The molecule has 1 aliphatic rings. The second-order valence-corrected chi connectivity index (χ2v) is 3.32. The van der Waals surface area contributed by atoms with Crippen molar-refractivity contribution in [2.24, 2.45) is 5.73 Å². The van der Waals surface area contributed by atoms with Crippen LogP contribution in [0.25, 0.3) is 0 Å². The number of aliphatic hydroxyl groups excluding tert-OH is 1. The highest BCUT2D eigenvalue weighted by Gasteiger charge is 2.34. The second-order valence-electron chi connectivity index (χ2n) is 3.32. The van der Waals surface area contributed by atoms with E-state index in [-0.39, 0.29) is 12.1 Å². The van der Waals surface area contributed by atoms with Crippen LogP contribution < -0.4 is 5.73 Å². The topological polar surface area (TPSA) is 55.5 Å². The summed E-state index contributed by atoms with van der Waals surface area (Å²) in [6.45, 7) is 0.431. The summed E-state index contributed by atoms with van der Waals surface area (Å²) >= 11 is 0. The standard InChI is InChI=1S/C10H13NO2/c11-8-6-13-10(9(8)12)7-4-2-1-3-5-7/h1-5,8-10,12H,6,11H2/t8-,9-,10-/m0/s1. The summed E-state index contributed by atoms with van der Waals surface area (Å²) in [4.78, 5) is 0. The van der Waals surface area contributed by atoms with Crippen LogP contribution in [0, 0.1) is 0 Å². The molecule has 1 heterocycles. The summed E-state index contributed by atoms with van der Waals surface area (Å²) in [6, 6.07) is 9.40. The Morgan fingerprint density at radius 1 is 1.31 bits per heavy atom. The third-order valence-electron chi connectivity index (χ3n) is 2.35. The fraction of sp³-hybridized carbons (Fsp3) is 0.400. The van der Waals surface area contributed by atoms with Gasteiger partial charge < -0.3 is 15.6 Å². The van der Waals surface area contributed by atoms with Gasteiger partial charge >= 0.3 is 0 Å². The molecule has 3 atom stereocenters. The van der Waals surface area contributed by atoms with E-state index in [2.05, 4.69) is 0 Å². The first-order chi connectivity index (χ1) is 6.29. The Morgan fingerprint density at radius 2 is 2.00 bits per heavy atom. The first kappa shape index (κ1) is 8.69. The molecular formula is C10H13NO2. The Morgan fingerprint density at radius 3 is 2.54 bits per heavy atom. The molecule has 0 aliphatic carbocycles. The highest BCUT2D eigenvalue weighted by atomic mass is 16.5. The number of aliphatic hydroxyl groups is 1.